The molecule has 2 N–H and O–H groups in total. The zero-order valence-electron chi connectivity index (χ0n) is 16.5. The molecule has 0 bridgehead atoms. The fraction of sp³-hybridized carbons (Fsp3) is 0.238. The minimum atomic E-state index is -0.532. The Hall–Kier alpha value is -3.19. The van der Waals surface area contributed by atoms with Crippen LogP contribution in [-0.4, -0.2) is 21.8 Å². The van der Waals surface area contributed by atoms with Crippen LogP contribution in [0.5, 0.6) is 0 Å². The highest BCUT2D eigenvalue weighted by Crippen LogP contribution is 2.20. The predicted molar refractivity (Wildman–Crippen MR) is 110 cm³/mol. The van der Waals surface area contributed by atoms with Crippen LogP contribution in [0.3, 0.4) is 0 Å². The minimum Gasteiger partial charge on any atom is -0.443 e. The molecular formula is C21H21ClN4O3. The van der Waals surface area contributed by atoms with Crippen molar-refractivity contribution in [2.24, 2.45) is 0 Å². The van der Waals surface area contributed by atoms with Crippen LogP contribution in [-0.2, 0) is 0 Å². The van der Waals surface area contributed by atoms with Crippen LogP contribution < -0.4 is 10.6 Å². The maximum atomic E-state index is 12.5. The molecule has 1 atom stereocenters. The molecule has 7 nitrogen and oxygen atoms in total. The van der Waals surface area contributed by atoms with Gasteiger partial charge in [0, 0.05) is 16.3 Å². The summed E-state index contributed by atoms with van der Waals surface area (Å²) in [5.74, 6) is 0.317. The first kappa shape index (κ1) is 20.5. The molecule has 0 aliphatic carbocycles. The van der Waals surface area contributed by atoms with E-state index in [1.807, 2.05) is 19.9 Å². The number of hydrogen-bond donors (Lipinski definition) is 2. The van der Waals surface area contributed by atoms with E-state index >= 15 is 0 Å². The third kappa shape index (κ3) is 4.81. The highest BCUT2D eigenvalue weighted by Gasteiger charge is 2.22. The molecule has 0 saturated heterocycles. The number of aryl methyl sites for hydroxylation is 3. The zero-order valence-corrected chi connectivity index (χ0v) is 17.3. The van der Waals surface area contributed by atoms with Gasteiger partial charge in [0.1, 0.15) is 17.6 Å². The first-order valence-electron chi connectivity index (χ1n) is 9.04. The predicted octanol–water partition coefficient (Wildman–Crippen LogP) is 4.39. The lowest BCUT2D eigenvalue weighted by Gasteiger charge is -2.12. The second-order valence-electron chi connectivity index (χ2n) is 6.73. The van der Waals surface area contributed by atoms with Crippen LogP contribution in [0.4, 0.5) is 5.82 Å². The molecule has 0 spiro atoms. The smallest absolute Gasteiger partial charge is 0.279 e. The van der Waals surface area contributed by atoms with Crippen LogP contribution in [0.1, 0.15) is 56.7 Å². The summed E-state index contributed by atoms with van der Waals surface area (Å²) in [7, 11) is 0. The quantitative estimate of drug-likeness (QED) is 0.647. The minimum absolute atomic E-state index is 0.145. The standard InChI is InChI=1S/C21H21ClN4O3/c1-11-10-15(22)8-9-16(11)19(27)24-13(3)21-26-18(14(4)29-21)20(28)25-17-7-5-6-12(2)23-17/h5-10,13H,1-4H3,(H,24,27)(H,23,25,28)/t13-/m1/s1. The SMILES string of the molecule is Cc1cccc(NC(=O)c2nc([C@@H](C)NC(=O)c3ccc(Cl)cc3C)oc2C)n1. The molecule has 2 aromatic heterocycles. The Morgan fingerprint density at radius 1 is 1.07 bits per heavy atom. The Morgan fingerprint density at radius 3 is 2.52 bits per heavy atom. The average molecular weight is 413 g/mol. The van der Waals surface area contributed by atoms with E-state index in [0.29, 0.717) is 22.2 Å². The number of halogens is 1. The van der Waals surface area contributed by atoms with E-state index in [1.54, 1.807) is 44.2 Å². The number of aromatic nitrogens is 2. The maximum absolute atomic E-state index is 12.5. The van der Waals surface area contributed by atoms with E-state index in [4.69, 9.17) is 16.0 Å². The Kier molecular flexibility index (Phi) is 5.98. The van der Waals surface area contributed by atoms with Crippen LogP contribution in [0.15, 0.2) is 40.8 Å². The van der Waals surface area contributed by atoms with Crippen molar-refractivity contribution in [3.05, 3.63) is 75.6 Å². The summed E-state index contributed by atoms with van der Waals surface area (Å²) in [4.78, 5) is 33.6. The summed E-state index contributed by atoms with van der Waals surface area (Å²) in [6.07, 6.45) is 0. The molecule has 2 amide bonds. The first-order chi connectivity index (χ1) is 13.7. The Balaban J connectivity index is 1.73. The number of amides is 2. The summed E-state index contributed by atoms with van der Waals surface area (Å²) >= 11 is 5.94. The van der Waals surface area contributed by atoms with Crippen molar-refractivity contribution < 1.29 is 14.0 Å². The molecule has 0 fully saturated rings. The van der Waals surface area contributed by atoms with Gasteiger partial charge in [0.05, 0.1) is 0 Å². The number of rotatable bonds is 5. The number of nitrogens with one attached hydrogen (secondary N) is 2. The molecule has 2 heterocycles. The third-order valence-electron chi connectivity index (χ3n) is 4.31. The van der Waals surface area contributed by atoms with Gasteiger partial charge in [-0.2, -0.15) is 0 Å². The highest BCUT2D eigenvalue weighted by atomic mass is 35.5. The molecule has 1 aromatic carbocycles. The molecule has 0 aliphatic rings. The van der Waals surface area contributed by atoms with E-state index in [-0.39, 0.29) is 17.5 Å². The molecule has 150 valence electrons. The lowest BCUT2D eigenvalue weighted by molar-refractivity contribution is 0.0932. The monoisotopic (exact) mass is 412 g/mol. The van der Waals surface area contributed by atoms with Gasteiger partial charge in [0.2, 0.25) is 5.89 Å². The van der Waals surface area contributed by atoms with E-state index in [0.717, 1.165) is 11.3 Å². The molecule has 29 heavy (non-hydrogen) atoms. The van der Waals surface area contributed by atoms with Crippen LogP contribution in [0.25, 0.3) is 0 Å². The van der Waals surface area contributed by atoms with Crippen LogP contribution in [0, 0.1) is 20.8 Å². The second kappa shape index (κ2) is 8.45. The summed E-state index contributed by atoms with van der Waals surface area (Å²) in [6, 6.07) is 9.84. The number of benzene rings is 1. The first-order valence-corrected chi connectivity index (χ1v) is 9.41. The molecular weight excluding hydrogens is 392 g/mol. The Morgan fingerprint density at radius 2 is 1.83 bits per heavy atom. The molecule has 0 radical (unpaired) electrons. The molecule has 0 unspecified atom stereocenters. The number of carbonyl (C=O) groups excluding carboxylic acids is 2. The van der Waals surface area contributed by atoms with Gasteiger partial charge in [-0.3, -0.25) is 9.59 Å². The van der Waals surface area contributed by atoms with Crippen molar-refractivity contribution in [2.45, 2.75) is 33.7 Å². The third-order valence-corrected chi connectivity index (χ3v) is 4.54. The normalized spacial score (nSPS) is 11.8. The molecule has 3 aromatic rings. The van der Waals surface area contributed by atoms with Gasteiger partial charge >= 0.3 is 0 Å². The summed E-state index contributed by atoms with van der Waals surface area (Å²) < 4.78 is 5.62. The number of nitrogens with zero attached hydrogens (tertiary/aromatic N) is 2. The average Bonchev–Trinajstić information content (AvgIpc) is 3.03. The highest BCUT2D eigenvalue weighted by molar-refractivity contribution is 6.30. The van der Waals surface area contributed by atoms with E-state index < -0.39 is 11.9 Å². The van der Waals surface area contributed by atoms with E-state index in [1.165, 1.54) is 0 Å². The maximum Gasteiger partial charge on any atom is 0.279 e. The number of oxazole rings is 1. The lowest BCUT2D eigenvalue weighted by atomic mass is 10.1. The van der Waals surface area contributed by atoms with Crippen LogP contribution in [0.2, 0.25) is 5.02 Å². The van der Waals surface area contributed by atoms with Crippen molar-refractivity contribution in [1.82, 2.24) is 15.3 Å². The van der Waals surface area contributed by atoms with Gasteiger partial charge < -0.3 is 15.1 Å². The fourth-order valence-electron chi connectivity index (χ4n) is 2.82. The van der Waals surface area contributed by atoms with E-state index in [2.05, 4.69) is 20.6 Å². The largest absolute Gasteiger partial charge is 0.443 e. The number of pyridine rings is 1. The molecule has 0 saturated carbocycles. The van der Waals surface area contributed by atoms with Crippen LogP contribution >= 0.6 is 11.6 Å². The summed E-state index contributed by atoms with van der Waals surface area (Å²) in [5.41, 5.74) is 2.20. The van der Waals surface area contributed by atoms with Gasteiger partial charge in [0.25, 0.3) is 11.8 Å². The summed E-state index contributed by atoms with van der Waals surface area (Å²) in [5, 5.41) is 6.09. The van der Waals surface area contributed by atoms with Gasteiger partial charge in [-0.05, 0) is 63.6 Å². The van der Waals surface area contributed by atoms with Crippen molar-refractivity contribution in [3.63, 3.8) is 0 Å². The summed E-state index contributed by atoms with van der Waals surface area (Å²) in [6.45, 7) is 7.02. The van der Waals surface area contributed by atoms with Crippen molar-refractivity contribution in [3.8, 4) is 0 Å². The van der Waals surface area contributed by atoms with Gasteiger partial charge in [-0.1, -0.05) is 17.7 Å². The number of hydrogen-bond acceptors (Lipinski definition) is 5. The van der Waals surface area contributed by atoms with Gasteiger partial charge in [0.15, 0.2) is 5.69 Å². The van der Waals surface area contributed by atoms with Gasteiger partial charge in [-0.15, -0.1) is 0 Å². The molecule has 3 rings (SSSR count). The van der Waals surface area contributed by atoms with Crippen molar-refractivity contribution >= 4 is 29.2 Å². The lowest BCUT2D eigenvalue weighted by Crippen LogP contribution is -2.27. The Bertz CT molecular complexity index is 1080. The van der Waals surface area contributed by atoms with Crippen molar-refractivity contribution in [2.75, 3.05) is 5.32 Å². The fourth-order valence-corrected chi connectivity index (χ4v) is 3.05. The second-order valence-corrected chi connectivity index (χ2v) is 7.17. The molecule has 0 aliphatic heterocycles. The Labute approximate surface area is 173 Å². The van der Waals surface area contributed by atoms with E-state index in [9.17, 15) is 9.59 Å². The number of carbonyl (C=O) groups is 2. The number of anilines is 1. The zero-order chi connectivity index (χ0) is 21.1. The molecule has 8 heteroatoms. The topological polar surface area (TPSA) is 97.1 Å². The van der Waals surface area contributed by atoms with Crippen molar-refractivity contribution in [1.29, 1.82) is 0 Å². The van der Waals surface area contributed by atoms with Gasteiger partial charge in [-0.25, -0.2) is 9.97 Å².